The van der Waals surface area contributed by atoms with Gasteiger partial charge in [0.15, 0.2) is 6.10 Å². The minimum Gasteiger partial charge on any atom is -0.481 e. The Hall–Kier alpha value is -1.51. The van der Waals surface area contributed by atoms with Gasteiger partial charge in [-0.15, -0.1) is 0 Å². The predicted octanol–water partition coefficient (Wildman–Crippen LogP) is 2.85. The van der Waals surface area contributed by atoms with Gasteiger partial charge in [0.05, 0.1) is 0 Å². The van der Waals surface area contributed by atoms with E-state index in [0.717, 1.165) is 25.1 Å². The van der Waals surface area contributed by atoms with Gasteiger partial charge in [0, 0.05) is 12.6 Å². The van der Waals surface area contributed by atoms with Gasteiger partial charge in [0.2, 0.25) is 0 Å². The number of carbonyl (C=O) groups is 1. The van der Waals surface area contributed by atoms with E-state index in [4.69, 9.17) is 4.74 Å². The minimum atomic E-state index is -0.409. The predicted molar refractivity (Wildman–Crippen MR) is 71.6 cm³/mol. The Morgan fingerprint density at radius 3 is 2.72 bits per heavy atom. The summed E-state index contributed by atoms with van der Waals surface area (Å²) >= 11 is 0. The van der Waals surface area contributed by atoms with E-state index < -0.39 is 6.10 Å². The van der Waals surface area contributed by atoms with Crippen molar-refractivity contribution in [3.63, 3.8) is 0 Å². The van der Waals surface area contributed by atoms with Crippen LogP contribution in [-0.2, 0) is 4.79 Å². The summed E-state index contributed by atoms with van der Waals surface area (Å²) in [5.74, 6) is 0.856. The lowest BCUT2D eigenvalue weighted by molar-refractivity contribution is -0.141. The zero-order chi connectivity index (χ0) is 13.0. The molecule has 0 N–H and O–H groups in total. The number of hydrogen-bond acceptors (Lipinski definition) is 2. The van der Waals surface area contributed by atoms with Crippen LogP contribution in [0.1, 0.15) is 33.1 Å². The lowest BCUT2D eigenvalue weighted by Gasteiger charge is -2.35. The average molecular weight is 247 g/mol. The van der Waals surface area contributed by atoms with E-state index in [9.17, 15) is 4.79 Å². The summed E-state index contributed by atoms with van der Waals surface area (Å²) in [5.41, 5.74) is 0. The number of nitrogens with zero attached hydrogens (tertiary/aromatic N) is 1. The van der Waals surface area contributed by atoms with Gasteiger partial charge in [-0.2, -0.15) is 0 Å². The van der Waals surface area contributed by atoms with Crippen LogP contribution in [0.4, 0.5) is 0 Å². The number of likely N-dealkylation sites (tertiary alicyclic amines) is 1. The van der Waals surface area contributed by atoms with Crippen molar-refractivity contribution in [2.75, 3.05) is 6.54 Å². The summed E-state index contributed by atoms with van der Waals surface area (Å²) in [7, 11) is 0. The summed E-state index contributed by atoms with van der Waals surface area (Å²) < 4.78 is 5.69. The standard InChI is InChI=1S/C15H21NO2/c1-12-8-6-7-11-16(12)15(17)13(2)18-14-9-4-3-5-10-14/h3-5,9-10,12-13H,6-8,11H2,1-2H3. The molecule has 2 rings (SSSR count). The Morgan fingerprint density at radius 1 is 1.33 bits per heavy atom. The van der Waals surface area contributed by atoms with Crippen LogP contribution in [0.3, 0.4) is 0 Å². The number of hydrogen-bond donors (Lipinski definition) is 0. The Balaban J connectivity index is 1.96. The molecule has 1 aromatic carbocycles. The molecule has 1 amide bonds. The van der Waals surface area contributed by atoms with Gasteiger partial charge in [0.25, 0.3) is 5.91 Å². The first-order chi connectivity index (χ1) is 8.68. The van der Waals surface area contributed by atoms with Gasteiger partial charge in [-0.05, 0) is 45.2 Å². The molecule has 2 atom stereocenters. The van der Waals surface area contributed by atoms with Crippen molar-refractivity contribution >= 4 is 5.91 Å². The first kappa shape index (κ1) is 12.9. The lowest BCUT2D eigenvalue weighted by atomic mass is 10.0. The molecule has 0 aromatic heterocycles. The third-order valence-corrected chi connectivity index (χ3v) is 3.49. The van der Waals surface area contributed by atoms with Crippen molar-refractivity contribution < 1.29 is 9.53 Å². The van der Waals surface area contributed by atoms with Crippen molar-refractivity contribution in [3.05, 3.63) is 30.3 Å². The van der Waals surface area contributed by atoms with Crippen LogP contribution >= 0.6 is 0 Å². The van der Waals surface area contributed by atoms with Gasteiger partial charge in [-0.25, -0.2) is 0 Å². The Bertz CT molecular complexity index is 391. The first-order valence-electron chi connectivity index (χ1n) is 6.70. The summed E-state index contributed by atoms with van der Waals surface area (Å²) in [5, 5.41) is 0. The average Bonchev–Trinajstić information content (AvgIpc) is 2.39. The quantitative estimate of drug-likeness (QED) is 0.822. The number of carbonyl (C=O) groups excluding carboxylic acids is 1. The first-order valence-corrected chi connectivity index (χ1v) is 6.70. The Labute approximate surface area is 109 Å². The third-order valence-electron chi connectivity index (χ3n) is 3.49. The minimum absolute atomic E-state index is 0.103. The molecule has 0 radical (unpaired) electrons. The number of ether oxygens (including phenoxy) is 1. The molecule has 0 aliphatic carbocycles. The highest BCUT2D eigenvalue weighted by molar-refractivity contribution is 5.81. The molecule has 1 fully saturated rings. The molecule has 0 bridgehead atoms. The zero-order valence-electron chi connectivity index (χ0n) is 11.1. The van der Waals surface area contributed by atoms with Gasteiger partial charge in [0.1, 0.15) is 5.75 Å². The van der Waals surface area contributed by atoms with Gasteiger partial charge < -0.3 is 9.64 Å². The Kier molecular flexibility index (Phi) is 4.24. The van der Waals surface area contributed by atoms with Crippen LogP contribution < -0.4 is 4.74 Å². The van der Waals surface area contributed by atoms with Crippen LogP contribution in [0.25, 0.3) is 0 Å². The topological polar surface area (TPSA) is 29.5 Å². The third kappa shape index (κ3) is 3.03. The molecular weight excluding hydrogens is 226 g/mol. The van der Waals surface area contributed by atoms with Crippen LogP contribution in [0.2, 0.25) is 0 Å². The highest BCUT2D eigenvalue weighted by Crippen LogP contribution is 2.19. The highest BCUT2D eigenvalue weighted by Gasteiger charge is 2.27. The lowest BCUT2D eigenvalue weighted by Crippen LogP contribution is -2.47. The number of rotatable bonds is 3. The molecule has 98 valence electrons. The van der Waals surface area contributed by atoms with Crippen LogP contribution in [0.5, 0.6) is 5.75 Å². The van der Waals surface area contributed by atoms with Crippen molar-refractivity contribution in [2.45, 2.75) is 45.3 Å². The maximum atomic E-state index is 12.3. The summed E-state index contributed by atoms with van der Waals surface area (Å²) in [4.78, 5) is 14.3. The second kappa shape index (κ2) is 5.89. The maximum absolute atomic E-state index is 12.3. The molecule has 2 unspecified atom stereocenters. The van der Waals surface area contributed by atoms with Crippen molar-refractivity contribution in [1.82, 2.24) is 4.90 Å². The van der Waals surface area contributed by atoms with Crippen molar-refractivity contribution in [1.29, 1.82) is 0 Å². The van der Waals surface area contributed by atoms with Crippen molar-refractivity contribution in [2.24, 2.45) is 0 Å². The normalized spacial score (nSPS) is 21.4. The van der Waals surface area contributed by atoms with E-state index in [-0.39, 0.29) is 5.91 Å². The smallest absolute Gasteiger partial charge is 0.263 e. The van der Waals surface area contributed by atoms with E-state index in [1.54, 1.807) is 0 Å². The SMILES string of the molecule is CC(Oc1ccccc1)C(=O)N1CCCCC1C. The largest absolute Gasteiger partial charge is 0.481 e. The second-order valence-electron chi connectivity index (χ2n) is 4.95. The number of amides is 1. The van der Waals surface area contributed by atoms with E-state index in [1.165, 1.54) is 6.42 Å². The van der Waals surface area contributed by atoms with Crippen LogP contribution in [0, 0.1) is 0 Å². The molecule has 1 aliphatic rings. The molecule has 1 aliphatic heterocycles. The molecule has 18 heavy (non-hydrogen) atoms. The van der Waals surface area contributed by atoms with E-state index in [0.29, 0.717) is 6.04 Å². The summed E-state index contributed by atoms with van der Waals surface area (Å²) in [6, 6.07) is 9.86. The molecule has 1 heterocycles. The fourth-order valence-corrected chi connectivity index (χ4v) is 2.41. The Morgan fingerprint density at radius 2 is 2.06 bits per heavy atom. The van der Waals surface area contributed by atoms with Crippen LogP contribution in [0.15, 0.2) is 30.3 Å². The second-order valence-corrected chi connectivity index (χ2v) is 4.95. The molecule has 3 nitrogen and oxygen atoms in total. The number of piperidine rings is 1. The van der Waals surface area contributed by atoms with Crippen molar-refractivity contribution in [3.8, 4) is 5.75 Å². The fourth-order valence-electron chi connectivity index (χ4n) is 2.41. The molecular formula is C15H21NO2. The van der Waals surface area contributed by atoms with Gasteiger partial charge in [-0.1, -0.05) is 18.2 Å². The van der Waals surface area contributed by atoms with Gasteiger partial charge >= 0.3 is 0 Å². The van der Waals surface area contributed by atoms with E-state index in [2.05, 4.69) is 6.92 Å². The van der Waals surface area contributed by atoms with E-state index >= 15 is 0 Å². The van der Waals surface area contributed by atoms with E-state index in [1.807, 2.05) is 42.2 Å². The number of para-hydroxylation sites is 1. The fraction of sp³-hybridized carbons (Fsp3) is 0.533. The molecule has 1 saturated heterocycles. The molecule has 1 aromatic rings. The molecule has 3 heteroatoms. The monoisotopic (exact) mass is 247 g/mol. The van der Waals surface area contributed by atoms with Gasteiger partial charge in [-0.3, -0.25) is 4.79 Å². The molecule has 0 saturated carbocycles. The summed E-state index contributed by atoms with van der Waals surface area (Å²) in [6.45, 7) is 4.81. The summed E-state index contributed by atoms with van der Waals surface area (Å²) in [6.07, 6.45) is 3.02. The maximum Gasteiger partial charge on any atom is 0.263 e. The molecule has 0 spiro atoms. The zero-order valence-corrected chi connectivity index (χ0v) is 11.1. The highest BCUT2D eigenvalue weighted by atomic mass is 16.5. The van der Waals surface area contributed by atoms with Crippen LogP contribution in [-0.4, -0.2) is 29.5 Å². The number of benzene rings is 1.